The molecule has 3 heteroatoms. The van der Waals surface area contributed by atoms with Crippen LogP contribution < -0.4 is 10.6 Å². The zero-order valence-corrected chi connectivity index (χ0v) is 14.8. The summed E-state index contributed by atoms with van der Waals surface area (Å²) in [7, 11) is 0. The summed E-state index contributed by atoms with van der Waals surface area (Å²) < 4.78 is 0. The van der Waals surface area contributed by atoms with Crippen LogP contribution in [0.1, 0.15) is 50.7 Å². The molecule has 0 saturated heterocycles. The number of carbonyl (C=O) groups excluding carboxylic acids is 1. The summed E-state index contributed by atoms with van der Waals surface area (Å²) in [6.07, 6.45) is 6.35. The molecule has 0 aliphatic heterocycles. The van der Waals surface area contributed by atoms with Crippen molar-refractivity contribution in [1.82, 2.24) is 0 Å². The van der Waals surface area contributed by atoms with E-state index in [1.807, 2.05) is 36.4 Å². The number of primary amides is 1. The van der Waals surface area contributed by atoms with Crippen LogP contribution in [0.25, 0.3) is 0 Å². The number of unbranched alkanes of at least 4 members (excludes halogenated alkanes) is 2. The summed E-state index contributed by atoms with van der Waals surface area (Å²) in [5.41, 5.74) is 9.93. The monoisotopic (exact) mass is 324 g/mol. The topological polar surface area (TPSA) is 46.3 Å². The second-order valence-corrected chi connectivity index (χ2v) is 6.14. The van der Waals surface area contributed by atoms with Crippen molar-refractivity contribution in [3.05, 3.63) is 59.7 Å². The van der Waals surface area contributed by atoms with Crippen LogP contribution in [-0.2, 0) is 12.8 Å². The molecular weight excluding hydrogens is 296 g/mol. The van der Waals surface area contributed by atoms with Crippen molar-refractivity contribution in [3.8, 4) is 0 Å². The Hall–Kier alpha value is -2.29. The maximum atomic E-state index is 12.3. The van der Waals surface area contributed by atoms with Crippen molar-refractivity contribution >= 4 is 17.4 Å². The van der Waals surface area contributed by atoms with Crippen LogP contribution in [0.2, 0.25) is 0 Å². The molecule has 3 nitrogen and oxygen atoms in total. The fraction of sp³-hybridized carbons (Fsp3) is 0.381. The van der Waals surface area contributed by atoms with Gasteiger partial charge in [-0.15, -0.1) is 0 Å². The number of aryl methyl sites for hydroxylation is 2. The highest BCUT2D eigenvalue weighted by Gasteiger charge is 2.20. The molecule has 0 heterocycles. The molecule has 0 aromatic heterocycles. The fourth-order valence-electron chi connectivity index (χ4n) is 2.98. The molecule has 0 bridgehead atoms. The molecule has 0 spiro atoms. The van der Waals surface area contributed by atoms with E-state index in [9.17, 15) is 4.79 Å². The van der Waals surface area contributed by atoms with Gasteiger partial charge in [0, 0.05) is 0 Å². The van der Waals surface area contributed by atoms with Crippen LogP contribution in [0.15, 0.2) is 48.5 Å². The Morgan fingerprint density at radius 2 is 1.25 bits per heavy atom. The first-order valence-electron chi connectivity index (χ1n) is 8.94. The lowest BCUT2D eigenvalue weighted by atomic mass is 10.0. The molecule has 0 unspecified atom stereocenters. The average molecular weight is 324 g/mol. The third-order valence-corrected chi connectivity index (χ3v) is 4.28. The van der Waals surface area contributed by atoms with Gasteiger partial charge >= 0.3 is 6.03 Å². The van der Waals surface area contributed by atoms with Crippen molar-refractivity contribution in [1.29, 1.82) is 0 Å². The number of hydrogen-bond acceptors (Lipinski definition) is 1. The molecule has 24 heavy (non-hydrogen) atoms. The second kappa shape index (κ2) is 9.11. The van der Waals surface area contributed by atoms with E-state index in [4.69, 9.17) is 5.73 Å². The van der Waals surface area contributed by atoms with Gasteiger partial charge in [-0.3, -0.25) is 4.90 Å². The molecule has 2 aromatic rings. The summed E-state index contributed by atoms with van der Waals surface area (Å²) in [6, 6.07) is 15.7. The van der Waals surface area contributed by atoms with Gasteiger partial charge in [0.25, 0.3) is 0 Å². The summed E-state index contributed by atoms with van der Waals surface area (Å²) in [5, 5.41) is 0. The lowest BCUT2D eigenvalue weighted by molar-refractivity contribution is 0.256. The summed E-state index contributed by atoms with van der Waals surface area (Å²) >= 11 is 0. The van der Waals surface area contributed by atoms with Crippen molar-refractivity contribution in [3.63, 3.8) is 0 Å². The summed E-state index contributed by atoms with van der Waals surface area (Å²) in [5.74, 6) is 0. The number of anilines is 2. The van der Waals surface area contributed by atoms with Gasteiger partial charge in [-0.25, -0.2) is 4.79 Å². The number of nitrogens with two attached hydrogens (primary N) is 1. The maximum absolute atomic E-state index is 12.3. The van der Waals surface area contributed by atoms with Gasteiger partial charge in [-0.05, 0) is 48.9 Å². The molecule has 0 aliphatic rings. The van der Waals surface area contributed by atoms with Gasteiger partial charge in [0.2, 0.25) is 0 Å². The molecule has 2 amide bonds. The van der Waals surface area contributed by atoms with Gasteiger partial charge < -0.3 is 5.73 Å². The van der Waals surface area contributed by atoms with Gasteiger partial charge in [-0.1, -0.05) is 63.1 Å². The van der Waals surface area contributed by atoms with Gasteiger partial charge in [0.15, 0.2) is 0 Å². The van der Waals surface area contributed by atoms with Crippen molar-refractivity contribution in [2.24, 2.45) is 5.73 Å². The van der Waals surface area contributed by atoms with Crippen LogP contribution in [-0.4, -0.2) is 6.03 Å². The Labute approximate surface area is 145 Å². The summed E-state index contributed by atoms with van der Waals surface area (Å²) in [6.45, 7) is 4.35. The third kappa shape index (κ3) is 4.38. The first-order valence-corrected chi connectivity index (χ1v) is 8.94. The smallest absolute Gasteiger partial charge is 0.323 e. The number of benzene rings is 2. The number of urea groups is 1. The van der Waals surface area contributed by atoms with Crippen LogP contribution in [0.4, 0.5) is 16.2 Å². The van der Waals surface area contributed by atoms with E-state index < -0.39 is 6.03 Å². The SMILES string of the molecule is CCCCc1ccccc1N(C(N)=O)c1ccccc1CCCC. The number of carbonyl (C=O) groups is 1. The first kappa shape index (κ1) is 18.1. The van der Waals surface area contributed by atoms with Crippen molar-refractivity contribution < 1.29 is 4.79 Å². The Kier molecular flexibility index (Phi) is 6.86. The van der Waals surface area contributed by atoms with Crippen molar-refractivity contribution in [2.75, 3.05) is 4.90 Å². The van der Waals surface area contributed by atoms with Gasteiger partial charge in [0.05, 0.1) is 11.4 Å². The zero-order valence-electron chi connectivity index (χ0n) is 14.8. The molecular formula is C21H28N2O. The van der Waals surface area contributed by atoms with E-state index in [2.05, 4.69) is 26.0 Å². The van der Waals surface area contributed by atoms with E-state index in [1.165, 1.54) is 11.1 Å². The molecule has 0 aliphatic carbocycles. The molecule has 2 N–H and O–H groups in total. The Bertz CT molecular complexity index is 615. The Morgan fingerprint density at radius 1 is 0.833 bits per heavy atom. The lowest BCUT2D eigenvalue weighted by Crippen LogP contribution is -2.33. The highest BCUT2D eigenvalue weighted by Crippen LogP contribution is 2.32. The predicted molar refractivity (Wildman–Crippen MR) is 102 cm³/mol. The average Bonchev–Trinajstić information content (AvgIpc) is 2.60. The summed E-state index contributed by atoms with van der Waals surface area (Å²) in [4.78, 5) is 14.0. The fourth-order valence-corrected chi connectivity index (χ4v) is 2.98. The highest BCUT2D eigenvalue weighted by molar-refractivity contribution is 5.99. The van der Waals surface area contributed by atoms with E-state index in [-0.39, 0.29) is 0 Å². The quantitative estimate of drug-likeness (QED) is 0.676. The minimum atomic E-state index is -0.428. The van der Waals surface area contributed by atoms with Crippen LogP contribution in [0.5, 0.6) is 0 Å². The number of nitrogens with zero attached hydrogens (tertiary/aromatic N) is 1. The third-order valence-electron chi connectivity index (χ3n) is 4.28. The van der Waals surface area contributed by atoms with Crippen LogP contribution in [0, 0.1) is 0 Å². The van der Waals surface area contributed by atoms with E-state index >= 15 is 0 Å². The largest absolute Gasteiger partial charge is 0.351 e. The molecule has 2 rings (SSSR count). The van der Waals surface area contributed by atoms with Crippen LogP contribution >= 0.6 is 0 Å². The van der Waals surface area contributed by atoms with Gasteiger partial charge in [0.1, 0.15) is 0 Å². The Morgan fingerprint density at radius 3 is 1.62 bits per heavy atom. The molecule has 0 saturated carbocycles. The van der Waals surface area contributed by atoms with E-state index in [0.29, 0.717) is 0 Å². The van der Waals surface area contributed by atoms with E-state index in [1.54, 1.807) is 4.90 Å². The molecule has 2 aromatic carbocycles. The zero-order chi connectivity index (χ0) is 17.4. The Balaban J connectivity index is 2.46. The van der Waals surface area contributed by atoms with Crippen LogP contribution in [0.3, 0.4) is 0 Å². The van der Waals surface area contributed by atoms with Gasteiger partial charge in [-0.2, -0.15) is 0 Å². The number of para-hydroxylation sites is 2. The predicted octanol–water partition coefficient (Wildman–Crippen LogP) is 5.59. The molecule has 0 atom stereocenters. The highest BCUT2D eigenvalue weighted by atomic mass is 16.2. The second-order valence-electron chi connectivity index (χ2n) is 6.14. The molecule has 128 valence electrons. The molecule has 0 radical (unpaired) electrons. The number of hydrogen-bond donors (Lipinski definition) is 1. The minimum absolute atomic E-state index is 0.428. The standard InChI is InChI=1S/C21H28N2O/c1-3-5-11-17-13-7-9-15-19(17)23(21(22)24)20-16-10-8-14-18(20)12-6-4-2/h7-10,13-16H,3-6,11-12H2,1-2H3,(H2,22,24). The first-order chi connectivity index (χ1) is 11.7. The van der Waals surface area contributed by atoms with E-state index in [0.717, 1.165) is 49.9 Å². The molecule has 0 fully saturated rings. The lowest BCUT2D eigenvalue weighted by Gasteiger charge is -2.26. The normalized spacial score (nSPS) is 10.6. The minimum Gasteiger partial charge on any atom is -0.351 e. The number of amides is 2. The number of rotatable bonds is 8. The maximum Gasteiger partial charge on any atom is 0.323 e. The van der Waals surface area contributed by atoms with Crippen molar-refractivity contribution in [2.45, 2.75) is 52.4 Å².